The van der Waals surface area contributed by atoms with E-state index in [1.165, 1.54) is 18.2 Å². The maximum Gasteiger partial charge on any atom is 4.00 e. The minimum atomic E-state index is -4.26. The Labute approximate surface area is 150 Å². The summed E-state index contributed by atoms with van der Waals surface area (Å²) in [5.74, 6) is 0. The summed E-state index contributed by atoms with van der Waals surface area (Å²) < 4.78 is 35.3. The van der Waals surface area contributed by atoms with Crippen LogP contribution in [-0.4, -0.2) is 0 Å². The Hall–Kier alpha value is -1.03. The fraction of sp³-hybridized carbons (Fsp3) is 0.176. The first-order valence-electron chi connectivity index (χ1n) is 6.08. The van der Waals surface area contributed by atoms with Gasteiger partial charge in [0.15, 0.2) is 0 Å². The van der Waals surface area contributed by atoms with Crippen LogP contribution in [0, 0.1) is 18.2 Å². The van der Waals surface area contributed by atoms with Gasteiger partial charge in [0, 0.05) is 0 Å². The molecule has 0 amide bonds. The third-order valence-electron chi connectivity index (χ3n) is 2.19. The van der Waals surface area contributed by atoms with Gasteiger partial charge in [-0.2, -0.15) is 55.7 Å². The molecule has 0 fully saturated rings. The van der Waals surface area contributed by atoms with Crippen LogP contribution in [0.4, 0.5) is 13.2 Å². The molecule has 0 bridgehead atoms. The van der Waals surface area contributed by atoms with Crippen molar-refractivity contribution in [1.29, 1.82) is 0 Å². The molecule has 0 aliphatic heterocycles. The molecule has 0 radical (unpaired) electrons. The first-order valence-corrected chi connectivity index (χ1v) is 6.08. The van der Waals surface area contributed by atoms with Gasteiger partial charge in [0.2, 0.25) is 0 Å². The smallest absolute Gasteiger partial charge is 1.00 e. The molecule has 0 heterocycles. The molecule has 0 aromatic heterocycles. The van der Waals surface area contributed by atoms with Gasteiger partial charge in [0.1, 0.15) is 0 Å². The number of rotatable bonds is 0. The van der Waals surface area contributed by atoms with Gasteiger partial charge in [-0.25, -0.2) is 24.3 Å². The third-order valence-corrected chi connectivity index (χ3v) is 2.19. The summed E-state index contributed by atoms with van der Waals surface area (Å²) in [7, 11) is 0. The molecule has 0 unspecified atom stereocenters. The van der Waals surface area contributed by atoms with E-state index in [2.05, 4.69) is 30.4 Å². The zero-order valence-corrected chi connectivity index (χ0v) is 14.0. The topological polar surface area (TPSA) is 0 Å². The quantitative estimate of drug-likeness (QED) is 0.492. The van der Waals surface area contributed by atoms with Crippen molar-refractivity contribution in [2.24, 2.45) is 0 Å². The van der Waals surface area contributed by atoms with Crippen LogP contribution in [0.2, 0.25) is 0 Å². The second-order valence-corrected chi connectivity index (χ2v) is 3.78. The Kier molecular flexibility index (Phi) is 14.4. The van der Waals surface area contributed by atoms with Gasteiger partial charge in [0.25, 0.3) is 0 Å². The molecule has 3 rings (SSSR count). The summed E-state index contributed by atoms with van der Waals surface area (Å²) in [5, 5.41) is 0. The average molecular weight is 359 g/mol. The van der Waals surface area contributed by atoms with Crippen LogP contribution in [0.25, 0.3) is 0 Å². The van der Waals surface area contributed by atoms with Crippen molar-refractivity contribution in [3.8, 4) is 0 Å². The Morgan fingerprint density at radius 1 is 0.909 bits per heavy atom. The molecule has 0 atom stereocenters. The van der Waals surface area contributed by atoms with E-state index in [9.17, 15) is 13.2 Å². The zero-order valence-electron chi connectivity index (χ0n) is 11.7. The van der Waals surface area contributed by atoms with E-state index in [0.29, 0.717) is 0 Å². The molecular formula is C17H14ClF3Ti. The molecule has 0 saturated heterocycles. The molecule has 0 spiro atoms. The van der Waals surface area contributed by atoms with Crippen LogP contribution in [0.3, 0.4) is 0 Å². The van der Waals surface area contributed by atoms with Crippen LogP contribution in [0.15, 0.2) is 60.7 Å². The Morgan fingerprint density at radius 2 is 1.45 bits per heavy atom. The van der Waals surface area contributed by atoms with E-state index in [-0.39, 0.29) is 34.1 Å². The Balaban J connectivity index is 0. The van der Waals surface area contributed by atoms with Gasteiger partial charge >= 0.3 is 27.9 Å². The van der Waals surface area contributed by atoms with Gasteiger partial charge in [-0.05, 0) is 0 Å². The summed E-state index contributed by atoms with van der Waals surface area (Å²) in [6, 6.07) is 7.14. The van der Waals surface area contributed by atoms with Crippen LogP contribution >= 0.6 is 0 Å². The number of alkyl halides is 3. The molecule has 114 valence electrons. The summed E-state index contributed by atoms with van der Waals surface area (Å²) in [6.45, 7) is 0. The number of halogens is 4. The van der Waals surface area contributed by atoms with Crippen molar-refractivity contribution >= 4 is 0 Å². The molecule has 0 nitrogen and oxygen atoms in total. The average Bonchev–Trinajstić information content (AvgIpc) is 3.17. The van der Waals surface area contributed by atoms with Crippen LogP contribution in [0.5, 0.6) is 0 Å². The van der Waals surface area contributed by atoms with Crippen molar-refractivity contribution < 1.29 is 47.3 Å². The van der Waals surface area contributed by atoms with Crippen molar-refractivity contribution in [1.82, 2.24) is 0 Å². The molecular weight excluding hydrogens is 345 g/mol. The molecule has 1 aromatic carbocycles. The van der Waals surface area contributed by atoms with Crippen molar-refractivity contribution in [3.63, 3.8) is 0 Å². The predicted octanol–water partition coefficient (Wildman–Crippen LogP) is 2.12. The summed E-state index contributed by atoms with van der Waals surface area (Å²) in [5.41, 5.74) is -0.727. The van der Waals surface area contributed by atoms with E-state index >= 15 is 0 Å². The van der Waals surface area contributed by atoms with Gasteiger partial charge in [-0.15, -0.1) is 12.8 Å². The van der Waals surface area contributed by atoms with Crippen molar-refractivity contribution in [2.75, 3.05) is 0 Å². The maximum absolute atomic E-state index is 11.8. The van der Waals surface area contributed by atoms with Crippen LogP contribution in [0.1, 0.15) is 18.4 Å². The largest absolute Gasteiger partial charge is 4.00 e. The van der Waals surface area contributed by atoms with Crippen LogP contribution in [-0.2, 0) is 27.9 Å². The Bertz CT molecular complexity index is 446. The summed E-state index contributed by atoms with van der Waals surface area (Å²) in [6.07, 6.45) is 15.7. The molecule has 5 heteroatoms. The SMILES string of the molecule is FC(F)(F)c1[c-]cccc1.[C-]1=CC=CC1.[C-]1=CC=CC1.[Cl-].[Ti+4]. The molecule has 2 aliphatic rings. The van der Waals surface area contributed by atoms with E-state index in [4.69, 9.17) is 0 Å². The van der Waals surface area contributed by atoms with Crippen molar-refractivity contribution in [3.05, 3.63) is 84.5 Å². The van der Waals surface area contributed by atoms with Gasteiger partial charge in [0.05, 0.1) is 0 Å². The van der Waals surface area contributed by atoms with Crippen molar-refractivity contribution in [2.45, 2.75) is 19.0 Å². The monoisotopic (exact) mass is 358 g/mol. The number of hydrogen-bond donors (Lipinski definition) is 0. The fourth-order valence-electron chi connectivity index (χ4n) is 1.25. The van der Waals surface area contributed by atoms with E-state index in [0.717, 1.165) is 18.9 Å². The second-order valence-electron chi connectivity index (χ2n) is 3.78. The van der Waals surface area contributed by atoms with E-state index in [1.54, 1.807) is 0 Å². The number of benzene rings is 1. The molecule has 2 aliphatic carbocycles. The Morgan fingerprint density at radius 3 is 1.64 bits per heavy atom. The molecule has 22 heavy (non-hydrogen) atoms. The molecule has 0 saturated carbocycles. The maximum atomic E-state index is 11.8. The fourth-order valence-corrected chi connectivity index (χ4v) is 1.25. The zero-order chi connectivity index (χ0) is 14.7. The standard InChI is InChI=1S/C7H4F3.2C5H5.ClH.Ti/c8-7(9,10)6-4-2-1-3-5-6;2*1-2-4-5-3-1;;/h1-4H;2*1-3H,4H2;1H;/q3*-1;;+4/p-1. The summed E-state index contributed by atoms with van der Waals surface area (Å²) in [4.78, 5) is 0. The van der Waals surface area contributed by atoms with Gasteiger partial charge in [-0.3, -0.25) is 12.2 Å². The first kappa shape index (κ1) is 23.2. The van der Waals surface area contributed by atoms with E-state index < -0.39 is 11.7 Å². The van der Waals surface area contributed by atoms with E-state index in [1.807, 2.05) is 24.3 Å². The normalized spacial score (nSPS) is 13.2. The minimum Gasteiger partial charge on any atom is -1.00 e. The number of hydrogen-bond acceptors (Lipinski definition) is 0. The molecule has 0 N–H and O–H groups in total. The summed E-state index contributed by atoms with van der Waals surface area (Å²) >= 11 is 0. The first-order chi connectivity index (χ1) is 9.61. The van der Waals surface area contributed by atoms with Crippen LogP contribution < -0.4 is 12.4 Å². The minimum absolute atomic E-state index is 0. The van der Waals surface area contributed by atoms with Gasteiger partial charge < -0.3 is 12.4 Å². The second kappa shape index (κ2) is 13.6. The third kappa shape index (κ3) is 11.6. The number of allylic oxidation sites excluding steroid dienone is 8. The van der Waals surface area contributed by atoms with Gasteiger partial charge in [-0.1, -0.05) is 5.56 Å². The predicted molar refractivity (Wildman–Crippen MR) is 73.4 cm³/mol. The molecule has 1 aromatic rings.